The zero-order valence-electron chi connectivity index (χ0n) is 17.1. The van der Waals surface area contributed by atoms with Crippen LogP contribution < -0.4 is 10.6 Å². The number of likely N-dealkylation sites (tertiary alicyclic amines) is 1. The summed E-state index contributed by atoms with van der Waals surface area (Å²) in [6, 6.07) is 0.380. The van der Waals surface area contributed by atoms with Crippen LogP contribution in [0.25, 0.3) is 0 Å². The van der Waals surface area contributed by atoms with E-state index in [1.54, 1.807) is 18.5 Å². The van der Waals surface area contributed by atoms with Gasteiger partial charge in [-0.2, -0.15) is 11.8 Å². The van der Waals surface area contributed by atoms with E-state index in [1.165, 1.54) is 0 Å². The van der Waals surface area contributed by atoms with Gasteiger partial charge in [-0.25, -0.2) is 12.7 Å². The maximum atomic E-state index is 12.4. The van der Waals surface area contributed by atoms with Crippen LogP contribution in [-0.2, 0) is 14.8 Å². The Labute approximate surface area is 191 Å². The lowest BCUT2D eigenvalue weighted by Crippen LogP contribution is -2.50. The topological polar surface area (TPSA) is 86.3 Å². The van der Waals surface area contributed by atoms with Gasteiger partial charge >= 0.3 is 0 Å². The number of ether oxygens (including phenoxy) is 1. The number of nitrogens with zero attached hydrogens (tertiary/aromatic N) is 3. The molecule has 0 saturated carbocycles. The fourth-order valence-corrected chi connectivity index (χ4v) is 5.87. The summed E-state index contributed by atoms with van der Waals surface area (Å²) in [6.07, 6.45) is 3.21. The van der Waals surface area contributed by atoms with Crippen molar-refractivity contribution in [2.75, 3.05) is 77.3 Å². The second kappa shape index (κ2) is 14.2. The molecule has 0 unspecified atom stereocenters. The highest BCUT2D eigenvalue weighted by molar-refractivity contribution is 14.0. The first-order valence-electron chi connectivity index (χ1n) is 9.79. The summed E-state index contributed by atoms with van der Waals surface area (Å²) in [4.78, 5) is 6.72. The third-order valence-corrected chi connectivity index (χ3v) is 7.81. The quantitative estimate of drug-likeness (QED) is 0.189. The Bertz CT molecular complexity index is 551. The number of aliphatic imine (C=N–C) groups is 1. The van der Waals surface area contributed by atoms with Gasteiger partial charge in [-0.15, -0.1) is 24.0 Å². The summed E-state index contributed by atoms with van der Waals surface area (Å²) in [5, 5.41) is 6.60. The number of rotatable bonds is 9. The normalized spacial score (nSPS) is 20.6. The van der Waals surface area contributed by atoms with Crippen LogP contribution in [-0.4, -0.2) is 107 Å². The Kier molecular flexibility index (Phi) is 13.3. The Morgan fingerprint density at radius 2 is 1.89 bits per heavy atom. The van der Waals surface area contributed by atoms with Crippen LogP contribution in [0.1, 0.15) is 19.3 Å². The highest BCUT2D eigenvalue weighted by Crippen LogP contribution is 2.13. The highest BCUT2D eigenvalue weighted by Gasteiger charge is 2.24. The van der Waals surface area contributed by atoms with Crippen LogP contribution in [0.4, 0.5) is 0 Å². The fourth-order valence-electron chi connectivity index (χ4n) is 3.37. The molecule has 0 aromatic heterocycles. The monoisotopic (exact) mass is 549 g/mol. The number of piperidine rings is 1. The van der Waals surface area contributed by atoms with Crippen LogP contribution in [0.5, 0.6) is 0 Å². The van der Waals surface area contributed by atoms with Gasteiger partial charge in [-0.3, -0.25) is 4.99 Å². The SMILES string of the molecule is CN=C(NCCS(=O)(=O)N1CCSCC1)NC1CCN(CCCOC)CC1.I. The van der Waals surface area contributed by atoms with Gasteiger partial charge in [0.05, 0.1) is 5.75 Å². The number of thioether (sulfide) groups is 1. The first kappa shape index (κ1) is 26.2. The third kappa shape index (κ3) is 9.33. The number of hydrogen-bond donors (Lipinski definition) is 2. The maximum Gasteiger partial charge on any atom is 0.215 e. The molecule has 0 aliphatic carbocycles. The van der Waals surface area contributed by atoms with Gasteiger partial charge in [0.15, 0.2) is 5.96 Å². The van der Waals surface area contributed by atoms with E-state index in [2.05, 4.69) is 20.5 Å². The summed E-state index contributed by atoms with van der Waals surface area (Å²) < 4.78 is 31.5. The van der Waals surface area contributed by atoms with Crippen molar-refractivity contribution in [3.63, 3.8) is 0 Å². The van der Waals surface area contributed by atoms with Gasteiger partial charge in [-0.05, 0) is 19.3 Å². The van der Waals surface area contributed by atoms with Crippen molar-refractivity contribution < 1.29 is 13.2 Å². The predicted octanol–water partition coefficient (Wildman–Crippen LogP) is 0.649. The van der Waals surface area contributed by atoms with Gasteiger partial charge in [0, 0.05) is 77.6 Å². The average Bonchev–Trinajstić information content (AvgIpc) is 2.69. The second-order valence-electron chi connectivity index (χ2n) is 6.93. The van der Waals surface area contributed by atoms with Gasteiger partial charge in [0.1, 0.15) is 0 Å². The summed E-state index contributed by atoms with van der Waals surface area (Å²) in [7, 11) is 0.289. The molecule has 0 amide bonds. The summed E-state index contributed by atoms with van der Waals surface area (Å²) in [6.45, 7) is 5.67. The number of hydrogen-bond acceptors (Lipinski definition) is 6. The molecule has 8 nitrogen and oxygen atoms in total. The molecule has 2 heterocycles. The molecule has 0 atom stereocenters. The van der Waals surface area contributed by atoms with Crippen molar-refractivity contribution in [2.45, 2.75) is 25.3 Å². The molecular weight excluding hydrogens is 513 g/mol. The summed E-state index contributed by atoms with van der Waals surface area (Å²) >= 11 is 1.81. The van der Waals surface area contributed by atoms with E-state index >= 15 is 0 Å². The highest BCUT2D eigenvalue weighted by atomic mass is 127. The van der Waals surface area contributed by atoms with Crippen LogP contribution in [0.15, 0.2) is 4.99 Å². The van der Waals surface area contributed by atoms with Crippen LogP contribution in [0, 0.1) is 0 Å². The lowest BCUT2D eigenvalue weighted by molar-refractivity contribution is 0.155. The van der Waals surface area contributed by atoms with Crippen LogP contribution in [0.2, 0.25) is 0 Å². The number of nitrogens with one attached hydrogen (secondary N) is 2. The minimum absolute atomic E-state index is 0. The van der Waals surface area contributed by atoms with Gasteiger partial charge in [0.25, 0.3) is 0 Å². The van der Waals surface area contributed by atoms with Gasteiger partial charge < -0.3 is 20.3 Å². The molecule has 2 saturated heterocycles. The average molecular weight is 550 g/mol. The molecule has 166 valence electrons. The van der Waals surface area contributed by atoms with Crippen LogP contribution in [0.3, 0.4) is 0 Å². The number of sulfonamides is 1. The molecule has 2 N–H and O–H groups in total. The van der Waals surface area contributed by atoms with Crippen molar-refractivity contribution in [3.05, 3.63) is 0 Å². The first-order chi connectivity index (χ1) is 13.0. The standard InChI is InChI=1S/C17H35N5O3S2.HI/c1-18-17(19-6-15-27(23,24)22-10-13-26-14-11-22)20-16-4-8-21(9-5-16)7-3-12-25-2;/h16H,3-15H2,1-2H3,(H2,18,19,20);1H. The molecule has 0 radical (unpaired) electrons. The van der Waals surface area contributed by atoms with Crippen molar-refractivity contribution in [3.8, 4) is 0 Å². The molecule has 0 spiro atoms. The molecule has 2 aliphatic heterocycles. The van der Waals surface area contributed by atoms with E-state index in [1.807, 2.05) is 11.8 Å². The van der Waals surface area contributed by atoms with E-state index in [0.29, 0.717) is 31.6 Å². The second-order valence-corrected chi connectivity index (χ2v) is 10.2. The molecule has 0 bridgehead atoms. The number of methoxy groups -OCH3 is 1. The summed E-state index contributed by atoms with van der Waals surface area (Å²) in [5.41, 5.74) is 0. The van der Waals surface area contributed by atoms with Crippen LogP contribution >= 0.6 is 35.7 Å². The molecule has 11 heteroatoms. The molecule has 28 heavy (non-hydrogen) atoms. The summed E-state index contributed by atoms with van der Waals surface area (Å²) in [5.74, 6) is 2.58. The molecule has 2 fully saturated rings. The van der Waals surface area contributed by atoms with Gasteiger partial charge in [-0.1, -0.05) is 0 Å². The molecular formula is C17H36IN5O3S2. The zero-order valence-corrected chi connectivity index (χ0v) is 21.0. The molecule has 0 aromatic carbocycles. The predicted molar refractivity (Wildman–Crippen MR) is 129 cm³/mol. The van der Waals surface area contributed by atoms with E-state index in [4.69, 9.17) is 4.74 Å². The minimum atomic E-state index is -3.18. The number of guanidine groups is 1. The van der Waals surface area contributed by atoms with Crippen molar-refractivity contribution in [1.29, 1.82) is 0 Å². The first-order valence-corrected chi connectivity index (χ1v) is 12.6. The minimum Gasteiger partial charge on any atom is -0.385 e. The van der Waals surface area contributed by atoms with Crippen molar-refractivity contribution >= 4 is 51.7 Å². The third-order valence-electron chi connectivity index (χ3n) is 4.99. The maximum absolute atomic E-state index is 12.4. The Hall–Kier alpha value is 0.180. The van der Waals surface area contributed by atoms with E-state index < -0.39 is 10.0 Å². The van der Waals surface area contributed by atoms with Crippen molar-refractivity contribution in [1.82, 2.24) is 19.8 Å². The molecule has 2 aliphatic rings. The van der Waals surface area contributed by atoms with Gasteiger partial charge in [0.2, 0.25) is 10.0 Å². The Morgan fingerprint density at radius 3 is 2.50 bits per heavy atom. The molecule has 0 aromatic rings. The fraction of sp³-hybridized carbons (Fsp3) is 0.941. The lowest BCUT2D eigenvalue weighted by atomic mass is 10.1. The largest absolute Gasteiger partial charge is 0.385 e. The lowest BCUT2D eigenvalue weighted by Gasteiger charge is -2.33. The Balaban J connectivity index is 0.00000392. The Morgan fingerprint density at radius 1 is 1.21 bits per heavy atom. The van der Waals surface area contributed by atoms with E-state index in [9.17, 15) is 8.42 Å². The zero-order chi connectivity index (χ0) is 19.5. The van der Waals surface area contributed by atoms with E-state index in [-0.39, 0.29) is 29.7 Å². The van der Waals surface area contributed by atoms with Crippen molar-refractivity contribution in [2.24, 2.45) is 4.99 Å². The van der Waals surface area contributed by atoms with E-state index in [0.717, 1.165) is 57.0 Å². The molecule has 2 rings (SSSR count). The smallest absolute Gasteiger partial charge is 0.215 e. The number of halogens is 1.